The van der Waals surface area contributed by atoms with Crippen molar-refractivity contribution in [2.45, 2.75) is 0 Å². The molecule has 0 spiro atoms. The van der Waals surface area contributed by atoms with Crippen LogP contribution in [0.2, 0.25) is 0 Å². The minimum atomic E-state index is -5.13. The van der Waals surface area contributed by atoms with E-state index in [1.165, 1.54) is 0 Å². The molecule has 0 aromatic heterocycles. The molecule has 0 heterocycles. The van der Waals surface area contributed by atoms with Gasteiger partial charge in [-0.2, -0.15) is 0 Å². The van der Waals surface area contributed by atoms with Crippen LogP contribution < -0.4 is 0 Å². The van der Waals surface area contributed by atoms with Crippen molar-refractivity contribution in [3.05, 3.63) is 67.8 Å². The van der Waals surface area contributed by atoms with E-state index in [0.29, 0.717) is 0 Å². The summed E-state index contributed by atoms with van der Waals surface area (Å²) in [7, 11) is 5.19. The zero-order chi connectivity index (χ0) is 13.0. The molecule has 1 atom stereocenters. The van der Waals surface area contributed by atoms with Crippen molar-refractivity contribution in [2.24, 2.45) is 0 Å². The van der Waals surface area contributed by atoms with Crippen molar-refractivity contribution >= 4 is 43.5 Å². The molecule has 0 bridgehead atoms. The second kappa shape index (κ2) is 6.24. The minimum absolute atomic E-state index is 0.868. The van der Waals surface area contributed by atoms with Gasteiger partial charge in [-0.1, -0.05) is 0 Å². The van der Waals surface area contributed by atoms with Gasteiger partial charge < -0.3 is 0 Å². The normalized spacial score (nSPS) is 14.9. The summed E-state index contributed by atoms with van der Waals surface area (Å²) in [6, 6.07) is 18.5. The van der Waals surface area contributed by atoms with E-state index in [4.69, 9.17) is 12.0 Å². The molecule has 0 saturated carbocycles. The average molecular weight is 442 g/mol. The molecule has 96 valence electrons. The average Bonchev–Trinajstić information content (AvgIpc) is 2.37. The number of hydrogen-bond acceptors (Lipinski definition) is 2. The Morgan fingerprint density at radius 1 is 0.944 bits per heavy atom. The molecular formula is C12H10AsClFIO2. The summed E-state index contributed by atoms with van der Waals surface area (Å²) < 4.78 is 31.2. The summed E-state index contributed by atoms with van der Waals surface area (Å²) in [4.78, 5) is 0. The van der Waals surface area contributed by atoms with Crippen LogP contribution in [0.4, 0.5) is 3.47 Å². The summed E-state index contributed by atoms with van der Waals surface area (Å²) in [6.07, 6.45) is 0. The van der Waals surface area contributed by atoms with Crippen molar-refractivity contribution in [3.8, 4) is 0 Å². The van der Waals surface area contributed by atoms with Crippen LogP contribution >= 0.6 is 30.2 Å². The second-order valence-corrected chi connectivity index (χ2v) is 13.4. The van der Waals surface area contributed by atoms with Crippen LogP contribution in [-0.4, -0.2) is 13.4 Å². The Morgan fingerprint density at radius 3 is 1.67 bits per heavy atom. The third kappa shape index (κ3) is 4.12. The fraction of sp³-hybridized carbons (Fsp3) is 0. The first-order valence-electron chi connectivity index (χ1n) is 5.06. The summed E-state index contributed by atoms with van der Waals surface area (Å²) in [5.41, 5.74) is 0. The molecule has 0 amide bonds. The molecule has 2 aromatic rings. The summed E-state index contributed by atoms with van der Waals surface area (Å²) in [6.45, 7) is 0. The van der Waals surface area contributed by atoms with Crippen LogP contribution in [0, 0.1) is 7.14 Å². The van der Waals surface area contributed by atoms with Crippen molar-refractivity contribution in [1.29, 1.82) is 0 Å². The second-order valence-electron chi connectivity index (χ2n) is 3.32. The summed E-state index contributed by atoms with van der Waals surface area (Å²) in [5, 5.41) is 0. The third-order valence-corrected chi connectivity index (χ3v) is 12.6. The van der Waals surface area contributed by atoms with Crippen LogP contribution in [0.1, 0.15) is 0 Å². The van der Waals surface area contributed by atoms with Gasteiger partial charge in [-0.05, 0) is 0 Å². The molecular weight excluding hydrogens is 432 g/mol. The van der Waals surface area contributed by atoms with Crippen molar-refractivity contribution in [2.75, 3.05) is 0 Å². The van der Waals surface area contributed by atoms with E-state index >= 15 is 0 Å². The van der Waals surface area contributed by atoms with Gasteiger partial charge in [0.25, 0.3) is 0 Å². The quantitative estimate of drug-likeness (QED) is 0.523. The number of halogens is 3. The molecule has 2 rings (SSSR count). The third-order valence-electron chi connectivity index (χ3n) is 2.01. The van der Waals surface area contributed by atoms with Gasteiger partial charge >= 0.3 is 121 Å². The van der Waals surface area contributed by atoms with E-state index in [9.17, 15) is 7.21 Å². The standard InChI is InChI=1S/C12H10AsClFIO2/c14-13(15,17)18-16(11-7-3-1-4-8-11)12-9-5-2-6-10-12/h1-10H. The number of hydrogen-bond donors (Lipinski definition) is 0. The van der Waals surface area contributed by atoms with Gasteiger partial charge in [-0.25, -0.2) is 0 Å². The predicted octanol–water partition coefficient (Wildman–Crippen LogP) is 4.24. The Hall–Kier alpha value is -0.292. The Labute approximate surface area is 120 Å². The van der Waals surface area contributed by atoms with Gasteiger partial charge in [0, 0.05) is 0 Å². The van der Waals surface area contributed by atoms with Crippen molar-refractivity contribution in [1.82, 2.24) is 0 Å². The fourth-order valence-corrected chi connectivity index (χ4v) is 11.4. The molecule has 6 heteroatoms. The molecule has 18 heavy (non-hydrogen) atoms. The van der Waals surface area contributed by atoms with Gasteiger partial charge in [0.15, 0.2) is 0 Å². The molecule has 0 aliphatic heterocycles. The van der Waals surface area contributed by atoms with Crippen LogP contribution in [0.15, 0.2) is 60.7 Å². The van der Waals surface area contributed by atoms with Crippen LogP contribution in [-0.2, 0) is 5.79 Å². The van der Waals surface area contributed by atoms with Gasteiger partial charge in [-0.15, -0.1) is 0 Å². The Kier molecular flexibility index (Phi) is 4.90. The topological polar surface area (TPSA) is 26.3 Å². The molecule has 0 radical (unpaired) electrons. The van der Waals surface area contributed by atoms with E-state index in [0.717, 1.165) is 7.14 Å². The van der Waals surface area contributed by atoms with Crippen LogP contribution in [0.25, 0.3) is 0 Å². The Morgan fingerprint density at radius 2 is 1.33 bits per heavy atom. The van der Waals surface area contributed by atoms with E-state index in [-0.39, 0.29) is 0 Å². The Bertz CT molecular complexity index is 507. The van der Waals surface area contributed by atoms with Gasteiger partial charge in [0.2, 0.25) is 0 Å². The number of rotatable bonds is 4. The van der Waals surface area contributed by atoms with Gasteiger partial charge in [-0.3, -0.25) is 0 Å². The SMILES string of the molecule is O=[As](F)(Cl)OI(c1ccccc1)c1ccccc1. The maximum atomic E-state index is 13.2. The van der Waals surface area contributed by atoms with E-state index in [1.807, 2.05) is 60.7 Å². The van der Waals surface area contributed by atoms with E-state index < -0.39 is 33.6 Å². The molecule has 2 aromatic carbocycles. The summed E-state index contributed by atoms with van der Waals surface area (Å²) in [5.74, 6) is 0. The molecule has 0 saturated heterocycles. The molecule has 1 unspecified atom stereocenters. The predicted molar refractivity (Wildman–Crippen MR) is 78.8 cm³/mol. The molecule has 2 nitrogen and oxygen atoms in total. The summed E-state index contributed by atoms with van der Waals surface area (Å²) >= 11 is -7.65. The number of benzene rings is 2. The molecule has 0 N–H and O–H groups in total. The van der Waals surface area contributed by atoms with E-state index in [1.54, 1.807) is 0 Å². The van der Waals surface area contributed by atoms with E-state index in [2.05, 4.69) is 0 Å². The zero-order valence-electron chi connectivity index (χ0n) is 9.17. The monoisotopic (exact) mass is 442 g/mol. The van der Waals surface area contributed by atoms with Crippen LogP contribution in [0.5, 0.6) is 0 Å². The fourth-order valence-electron chi connectivity index (χ4n) is 1.34. The van der Waals surface area contributed by atoms with Gasteiger partial charge in [0.05, 0.1) is 0 Å². The molecule has 0 aliphatic rings. The van der Waals surface area contributed by atoms with Crippen molar-refractivity contribution < 1.29 is 9.26 Å². The Balaban J connectivity index is 2.39. The first kappa shape index (κ1) is 14.1. The van der Waals surface area contributed by atoms with Crippen molar-refractivity contribution in [3.63, 3.8) is 0 Å². The maximum absolute atomic E-state index is 13.2. The van der Waals surface area contributed by atoms with Gasteiger partial charge in [0.1, 0.15) is 0 Å². The first-order chi connectivity index (χ1) is 8.56. The van der Waals surface area contributed by atoms with Crippen LogP contribution in [0.3, 0.4) is 0 Å². The first-order valence-corrected chi connectivity index (χ1v) is 12.8. The molecule has 0 aliphatic carbocycles. The zero-order valence-corrected chi connectivity index (χ0v) is 14.0. The molecule has 0 fully saturated rings.